The van der Waals surface area contributed by atoms with E-state index >= 15 is 0 Å². The molecule has 1 aromatic carbocycles. The summed E-state index contributed by atoms with van der Waals surface area (Å²) in [6.45, 7) is 0. The lowest BCUT2D eigenvalue weighted by Gasteiger charge is -2.23. The Balaban J connectivity index is 2.08. The average molecular weight is 281 g/mol. The molecule has 0 spiro atoms. The van der Waals surface area contributed by atoms with Gasteiger partial charge in [-0.25, -0.2) is 0 Å². The number of hydrogen-bond acceptors (Lipinski definition) is 6. The Bertz CT molecular complexity index is 481. The first-order valence-corrected chi connectivity index (χ1v) is 6.99. The van der Waals surface area contributed by atoms with Gasteiger partial charge in [-0.2, -0.15) is 5.11 Å². The Morgan fingerprint density at radius 2 is 2.16 bits per heavy atom. The Morgan fingerprint density at radius 1 is 1.37 bits per heavy atom. The largest absolute Gasteiger partial charge is 0.330 e. The minimum Gasteiger partial charge on any atom is -0.330 e. The van der Waals surface area contributed by atoms with Crippen molar-refractivity contribution < 1.29 is 9.48 Å². The van der Waals surface area contributed by atoms with Gasteiger partial charge in [0.2, 0.25) is 0 Å². The van der Waals surface area contributed by atoms with Gasteiger partial charge >= 0.3 is 0 Å². The van der Waals surface area contributed by atoms with Crippen molar-refractivity contribution in [3.8, 4) is 0 Å². The third-order valence-corrected chi connectivity index (χ3v) is 3.88. The van der Waals surface area contributed by atoms with Crippen LogP contribution in [0.4, 0.5) is 11.4 Å². The molecule has 1 saturated carbocycles. The molecule has 2 atom stereocenters. The summed E-state index contributed by atoms with van der Waals surface area (Å²) in [6.07, 6.45) is 3.67. The molecule has 1 N–H and O–H groups in total. The maximum absolute atomic E-state index is 10.8. The van der Waals surface area contributed by atoms with Gasteiger partial charge in [-0.1, -0.05) is 18.6 Å². The molecular formula is C12H15N3O3S. The average Bonchev–Trinajstić information content (AvgIpc) is 2.45. The van der Waals surface area contributed by atoms with Crippen LogP contribution in [-0.4, -0.2) is 20.8 Å². The minimum atomic E-state index is -0.457. The van der Waals surface area contributed by atoms with Crippen LogP contribution in [0.25, 0.3) is 0 Å². The number of nitrogens with zero attached hydrogens (tertiary/aromatic N) is 3. The molecule has 0 radical (unpaired) electrons. The first-order valence-electron chi connectivity index (χ1n) is 6.15. The fourth-order valence-electron chi connectivity index (χ4n) is 2.17. The van der Waals surface area contributed by atoms with Crippen LogP contribution in [0.15, 0.2) is 34.5 Å². The topological polar surface area (TPSA) is 88.1 Å². The molecule has 1 aromatic rings. The molecule has 0 heterocycles. The second-order valence-electron chi connectivity index (χ2n) is 4.51. The molecule has 0 bridgehead atoms. The maximum Gasteiger partial charge on any atom is 0.296 e. The van der Waals surface area contributed by atoms with E-state index in [0.717, 1.165) is 37.7 Å². The smallest absolute Gasteiger partial charge is 0.296 e. The van der Waals surface area contributed by atoms with E-state index in [0.29, 0.717) is 0 Å². The molecule has 0 amide bonds. The molecule has 0 aliphatic heterocycles. The standard InChI is InChI=1S/C12H15N3O3S/c16-15(17)12-7-2-1-6-11(12)14-13-9-4-3-5-10(8-9)19-18/h1-2,6-7,9-10,18H,3-5,8H2. The van der Waals surface area contributed by atoms with Gasteiger partial charge in [-0.05, 0) is 37.4 Å². The van der Waals surface area contributed by atoms with Crippen molar-refractivity contribution in [2.24, 2.45) is 10.2 Å². The summed E-state index contributed by atoms with van der Waals surface area (Å²) in [4.78, 5) is 10.4. The number of hydrogen-bond donors (Lipinski definition) is 1. The van der Waals surface area contributed by atoms with E-state index in [4.69, 9.17) is 4.55 Å². The zero-order valence-corrected chi connectivity index (χ0v) is 11.1. The van der Waals surface area contributed by atoms with Crippen molar-refractivity contribution in [1.82, 2.24) is 0 Å². The zero-order chi connectivity index (χ0) is 13.7. The van der Waals surface area contributed by atoms with Crippen LogP contribution >= 0.6 is 12.0 Å². The monoisotopic (exact) mass is 281 g/mol. The lowest BCUT2D eigenvalue weighted by molar-refractivity contribution is -0.384. The molecule has 102 valence electrons. The van der Waals surface area contributed by atoms with Gasteiger partial charge in [0.25, 0.3) is 5.69 Å². The summed E-state index contributed by atoms with van der Waals surface area (Å²) < 4.78 is 9.07. The van der Waals surface area contributed by atoms with Gasteiger partial charge in [-0.3, -0.25) is 10.1 Å². The van der Waals surface area contributed by atoms with Crippen LogP contribution in [0.3, 0.4) is 0 Å². The van der Waals surface area contributed by atoms with E-state index < -0.39 is 4.92 Å². The van der Waals surface area contributed by atoms with Gasteiger partial charge in [0.15, 0.2) is 5.69 Å². The van der Waals surface area contributed by atoms with Gasteiger partial charge < -0.3 is 4.55 Å². The quantitative estimate of drug-likeness (QED) is 0.388. The fourth-order valence-corrected chi connectivity index (χ4v) is 2.75. The van der Waals surface area contributed by atoms with Crippen molar-refractivity contribution in [2.45, 2.75) is 37.0 Å². The third kappa shape index (κ3) is 3.74. The van der Waals surface area contributed by atoms with Crippen LogP contribution < -0.4 is 0 Å². The number of rotatable bonds is 4. The Kier molecular flexibility index (Phi) is 4.86. The predicted octanol–water partition coefficient (Wildman–Crippen LogP) is 4.20. The third-order valence-electron chi connectivity index (χ3n) is 3.15. The number of benzene rings is 1. The molecule has 19 heavy (non-hydrogen) atoms. The summed E-state index contributed by atoms with van der Waals surface area (Å²) >= 11 is 0.869. The van der Waals surface area contributed by atoms with Crippen LogP contribution in [-0.2, 0) is 0 Å². The Hall–Kier alpha value is -1.47. The van der Waals surface area contributed by atoms with Crippen LogP contribution in [0.1, 0.15) is 25.7 Å². The van der Waals surface area contributed by atoms with E-state index in [2.05, 4.69) is 10.2 Å². The van der Waals surface area contributed by atoms with E-state index in [1.165, 1.54) is 6.07 Å². The summed E-state index contributed by atoms with van der Waals surface area (Å²) in [5.74, 6) is 0. The van der Waals surface area contributed by atoms with Gasteiger partial charge in [0, 0.05) is 11.3 Å². The highest BCUT2D eigenvalue weighted by Crippen LogP contribution is 2.31. The molecule has 0 aromatic heterocycles. The van der Waals surface area contributed by atoms with E-state index in [-0.39, 0.29) is 22.7 Å². The van der Waals surface area contributed by atoms with Crippen LogP contribution in [0.2, 0.25) is 0 Å². The van der Waals surface area contributed by atoms with Gasteiger partial charge in [0.05, 0.1) is 11.0 Å². The summed E-state index contributed by atoms with van der Waals surface area (Å²) in [5, 5.41) is 19.2. The summed E-state index contributed by atoms with van der Waals surface area (Å²) in [5.41, 5.74) is 0.251. The molecule has 0 saturated heterocycles. The molecule has 6 nitrogen and oxygen atoms in total. The molecule has 2 unspecified atom stereocenters. The molecule has 1 fully saturated rings. The second-order valence-corrected chi connectivity index (χ2v) is 5.39. The summed E-state index contributed by atoms with van der Waals surface area (Å²) in [7, 11) is 0. The summed E-state index contributed by atoms with van der Waals surface area (Å²) in [6, 6.07) is 6.35. The highest BCUT2D eigenvalue weighted by atomic mass is 32.2. The number of nitro benzene ring substituents is 1. The number of nitro groups is 1. The Morgan fingerprint density at radius 3 is 2.89 bits per heavy atom. The van der Waals surface area contributed by atoms with Crippen molar-refractivity contribution in [2.75, 3.05) is 0 Å². The molecule has 2 rings (SSSR count). The number of azo groups is 1. The minimum absolute atomic E-state index is 0.0323. The number of para-hydroxylation sites is 1. The second kappa shape index (κ2) is 6.63. The molecular weight excluding hydrogens is 266 g/mol. The lowest BCUT2D eigenvalue weighted by Crippen LogP contribution is -2.19. The molecule has 1 aliphatic rings. The first-order chi connectivity index (χ1) is 9.20. The maximum atomic E-state index is 10.8. The SMILES string of the molecule is O=[N+]([O-])c1ccccc1N=NC1CCCC(SO)C1. The van der Waals surface area contributed by atoms with Gasteiger partial charge in [0.1, 0.15) is 0 Å². The van der Waals surface area contributed by atoms with E-state index in [9.17, 15) is 10.1 Å². The highest BCUT2D eigenvalue weighted by Gasteiger charge is 2.22. The highest BCUT2D eigenvalue weighted by molar-refractivity contribution is 7.94. The molecule has 1 aliphatic carbocycles. The van der Waals surface area contributed by atoms with Crippen molar-refractivity contribution in [1.29, 1.82) is 0 Å². The normalized spacial score (nSPS) is 23.6. The van der Waals surface area contributed by atoms with E-state index in [1.807, 2.05) is 0 Å². The van der Waals surface area contributed by atoms with Crippen molar-refractivity contribution >= 4 is 23.4 Å². The van der Waals surface area contributed by atoms with Gasteiger partial charge in [-0.15, -0.1) is 5.11 Å². The molecule has 7 heteroatoms. The predicted molar refractivity (Wildman–Crippen MR) is 73.9 cm³/mol. The van der Waals surface area contributed by atoms with Crippen molar-refractivity contribution in [3.63, 3.8) is 0 Å². The van der Waals surface area contributed by atoms with Crippen molar-refractivity contribution in [3.05, 3.63) is 34.4 Å². The first kappa shape index (κ1) is 14.0. The lowest BCUT2D eigenvalue weighted by atomic mass is 9.96. The Labute approximate surface area is 115 Å². The zero-order valence-electron chi connectivity index (χ0n) is 10.3. The van der Waals surface area contributed by atoms with Crippen LogP contribution in [0.5, 0.6) is 0 Å². The van der Waals surface area contributed by atoms with E-state index in [1.54, 1.807) is 18.2 Å². The fraction of sp³-hybridized carbons (Fsp3) is 0.500. The van der Waals surface area contributed by atoms with Crippen LogP contribution in [0, 0.1) is 10.1 Å².